The van der Waals surface area contributed by atoms with Crippen molar-refractivity contribution in [3.05, 3.63) is 35.4 Å². The van der Waals surface area contributed by atoms with Crippen molar-refractivity contribution >= 4 is 5.97 Å². The van der Waals surface area contributed by atoms with Gasteiger partial charge in [0.15, 0.2) is 0 Å². The Hall–Kier alpha value is -1.31. The number of benzene rings is 1. The lowest BCUT2D eigenvalue weighted by Gasteiger charge is -2.10. The molecule has 0 heterocycles. The molecule has 0 spiro atoms. The van der Waals surface area contributed by atoms with Gasteiger partial charge in [0.25, 0.3) is 0 Å². The van der Waals surface area contributed by atoms with Gasteiger partial charge < -0.3 is 5.11 Å². The van der Waals surface area contributed by atoms with Crippen molar-refractivity contribution in [1.82, 2.24) is 0 Å². The summed E-state index contributed by atoms with van der Waals surface area (Å²) in [6.07, 6.45) is 2.57. The van der Waals surface area contributed by atoms with Gasteiger partial charge in [0.05, 0.1) is 5.41 Å². The van der Waals surface area contributed by atoms with Crippen molar-refractivity contribution in [3.8, 4) is 0 Å². The molecule has 2 rings (SSSR count). The predicted molar refractivity (Wildman–Crippen MR) is 54.4 cm³/mol. The number of carboxylic acids is 1. The fourth-order valence-corrected chi connectivity index (χ4v) is 1.81. The van der Waals surface area contributed by atoms with Crippen LogP contribution < -0.4 is 0 Å². The number of carboxylic acid groups (broad SMARTS) is 1. The van der Waals surface area contributed by atoms with E-state index < -0.39 is 11.4 Å². The van der Waals surface area contributed by atoms with Crippen molar-refractivity contribution in [2.24, 2.45) is 0 Å². The molecule has 0 atom stereocenters. The summed E-state index contributed by atoms with van der Waals surface area (Å²) in [7, 11) is 0. The summed E-state index contributed by atoms with van der Waals surface area (Å²) in [5.74, 6) is -0.679. The van der Waals surface area contributed by atoms with Crippen LogP contribution in [0, 0.1) is 0 Å². The number of hydrogen-bond donors (Lipinski definition) is 1. The van der Waals surface area contributed by atoms with Gasteiger partial charge in [0, 0.05) is 0 Å². The van der Waals surface area contributed by atoms with Crippen LogP contribution in [0.5, 0.6) is 0 Å². The second-order valence-corrected chi connectivity index (χ2v) is 3.94. The third-order valence-corrected chi connectivity index (χ3v) is 3.07. The third kappa shape index (κ3) is 1.31. The predicted octanol–water partition coefficient (Wildman–Crippen LogP) is 2.37. The Kier molecular flexibility index (Phi) is 2.06. The van der Waals surface area contributed by atoms with Crippen molar-refractivity contribution < 1.29 is 9.90 Å². The van der Waals surface area contributed by atoms with Crippen LogP contribution in [0.1, 0.15) is 30.9 Å². The summed E-state index contributed by atoms with van der Waals surface area (Å²) >= 11 is 0. The van der Waals surface area contributed by atoms with Gasteiger partial charge in [-0.1, -0.05) is 31.2 Å². The molecular weight excluding hydrogens is 176 g/mol. The molecule has 1 saturated carbocycles. The Bertz CT molecular complexity index is 347. The number of aryl methyl sites for hydroxylation is 1. The van der Waals surface area contributed by atoms with Crippen molar-refractivity contribution in [2.45, 2.75) is 31.6 Å². The van der Waals surface area contributed by atoms with Crippen LogP contribution in [-0.2, 0) is 16.6 Å². The molecule has 14 heavy (non-hydrogen) atoms. The van der Waals surface area contributed by atoms with E-state index in [4.69, 9.17) is 5.11 Å². The van der Waals surface area contributed by atoms with E-state index in [0.717, 1.165) is 24.8 Å². The van der Waals surface area contributed by atoms with Crippen LogP contribution in [0.3, 0.4) is 0 Å². The molecule has 1 fully saturated rings. The Morgan fingerprint density at radius 3 is 2.29 bits per heavy atom. The number of carbonyl (C=O) groups is 1. The van der Waals surface area contributed by atoms with Gasteiger partial charge >= 0.3 is 5.97 Å². The van der Waals surface area contributed by atoms with Gasteiger partial charge in [-0.25, -0.2) is 0 Å². The highest BCUT2D eigenvalue weighted by Gasteiger charge is 2.51. The van der Waals surface area contributed by atoms with Crippen LogP contribution in [-0.4, -0.2) is 11.1 Å². The van der Waals surface area contributed by atoms with Gasteiger partial charge in [-0.15, -0.1) is 0 Å². The lowest BCUT2D eigenvalue weighted by Crippen LogP contribution is -2.19. The molecule has 0 aliphatic heterocycles. The molecule has 1 aliphatic carbocycles. The van der Waals surface area contributed by atoms with Gasteiger partial charge in [-0.05, 0) is 30.4 Å². The van der Waals surface area contributed by atoms with Crippen LogP contribution in [0.15, 0.2) is 24.3 Å². The standard InChI is InChI=1S/C12H14O2/c1-2-9-3-5-10(6-4-9)12(7-8-12)11(13)14/h3-6H,2,7-8H2,1H3,(H,13,14). The summed E-state index contributed by atoms with van der Waals surface area (Å²) in [6.45, 7) is 2.10. The lowest BCUT2D eigenvalue weighted by molar-refractivity contribution is -0.140. The smallest absolute Gasteiger partial charge is 0.314 e. The molecule has 0 unspecified atom stereocenters. The van der Waals surface area contributed by atoms with Crippen LogP contribution in [0.4, 0.5) is 0 Å². The molecule has 2 heteroatoms. The highest BCUT2D eigenvalue weighted by atomic mass is 16.4. The monoisotopic (exact) mass is 190 g/mol. The maximum absolute atomic E-state index is 11.0. The highest BCUT2D eigenvalue weighted by Crippen LogP contribution is 2.48. The van der Waals surface area contributed by atoms with Gasteiger partial charge in [-0.3, -0.25) is 4.79 Å². The largest absolute Gasteiger partial charge is 0.481 e. The molecule has 1 aliphatic rings. The molecule has 0 radical (unpaired) electrons. The second-order valence-electron chi connectivity index (χ2n) is 3.94. The van der Waals surface area contributed by atoms with Crippen molar-refractivity contribution in [3.63, 3.8) is 0 Å². The minimum atomic E-state index is -0.679. The van der Waals surface area contributed by atoms with E-state index in [-0.39, 0.29) is 0 Å². The summed E-state index contributed by atoms with van der Waals surface area (Å²) < 4.78 is 0. The Balaban J connectivity index is 2.29. The molecule has 0 bridgehead atoms. The lowest BCUT2D eigenvalue weighted by atomic mass is 9.95. The SMILES string of the molecule is CCc1ccc(C2(C(=O)O)CC2)cc1. The van der Waals surface area contributed by atoms with Crippen LogP contribution in [0.25, 0.3) is 0 Å². The second kappa shape index (κ2) is 3.12. The molecule has 1 aromatic carbocycles. The molecule has 1 aromatic rings. The normalized spacial score (nSPS) is 17.8. The first-order chi connectivity index (χ1) is 6.69. The zero-order chi connectivity index (χ0) is 10.2. The molecule has 0 aromatic heterocycles. The molecule has 1 N–H and O–H groups in total. The Morgan fingerprint density at radius 1 is 1.36 bits per heavy atom. The van der Waals surface area contributed by atoms with Gasteiger partial charge in [0.2, 0.25) is 0 Å². The molecule has 74 valence electrons. The topological polar surface area (TPSA) is 37.3 Å². The first-order valence-corrected chi connectivity index (χ1v) is 5.02. The van der Waals surface area contributed by atoms with Gasteiger partial charge in [0.1, 0.15) is 0 Å². The Labute approximate surface area is 83.6 Å². The molecule has 2 nitrogen and oxygen atoms in total. The zero-order valence-electron chi connectivity index (χ0n) is 8.29. The minimum absolute atomic E-state index is 0.549. The van der Waals surface area contributed by atoms with Crippen molar-refractivity contribution in [1.29, 1.82) is 0 Å². The number of rotatable bonds is 3. The number of hydrogen-bond acceptors (Lipinski definition) is 1. The fraction of sp³-hybridized carbons (Fsp3) is 0.417. The van der Waals surface area contributed by atoms with E-state index in [1.165, 1.54) is 5.56 Å². The van der Waals surface area contributed by atoms with E-state index >= 15 is 0 Å². The fourth-order valence-electron chi connectivity index (χ4n) is 1.81. The van der Waals surface area contributed by atoms with Crippen LogP contribution in [0.2, 0.25) is 0 Å². The number of aliphatic carboxylic acids is 1. The maximum atomic E-state index is 11.0. The van der Waals surface area contributed by atoms with Crippen molar-refractivity contribution in [2.75, 3.05) is 0 Å². The zero-order valence-corrected chi connectivity index (χ0v) is 8.29. The third-order valence-electron chi connectivity index (χ3n) is 3.07. The Morgan fingerprint density at radius 2 is 1.93 bits per heavy atom. The molecule has 0 saturated heterocycles. The average molecular weight is 190 g/mol. The first kappa shape index (κ1) is 9.25. The van der Waals surface area contributed by atoms with Crippen LogP contribution >= 0.6 is 0 Å². The maximum Gasteiger partial charge on any atom is 0.314 e. The van der Waals surface area contributed by atoms with Gasteiger partial charge in [-0.2, -0.15) is 0 Å². The van der Waals surface area contributed by atoms with E-state index in [2.05, 4.69) is 6.92 Å². The van der Waals surface area contributed by atoms with E-state index in [1.54, 1.807) is 0 Å². The summed E-state index contributed by atoms with van der Waals surface area (Å²) in [4.78, 5) is 11.0. The summed E-state index contributed by atoms with van der Waals surface area (Å²) in [5.41, 5.74) is 1.67. The van der Waals surface area contributed by atoms with E-state index in [0.29, 0.717) is 0 Å². The van der Waals surface area contributed by atoms with E-state index in [1.807, 2.05) is 24.3 Å². The quantitative estimate of drug-likeness (QED) is 0.794. The molecular formula is C12H14O2. The average Bonchev–Trinajstić information content (AvgIpc) is 2.99. The minimum Gasteiger partial charge on any atom is -0.481 e. The summed E-state index contributed by atoms with van der Waals surface area (Å²) in [6, 6.07) is 7.97. The first-order valence-electron chi connectivity index (χ1n) is 5.02. The molecule has 0 amide bonds. The van der Waals surface area contributed by atoms with E-state index in [9.17, 15) is 4.79 Å². The summed E-state index contributed by atoms with van der Waals surface area (Å²) in [5, 5.41) is 9.08. The highest BCUT2D eigenvalue weighted by molar-refractivity contribution is 5.84.